The van der Waals surface area contributed by atoms with E-state index in [-0.39, 0.29) is 0 Å². The third-order valence-corrected chi connectivity index (χ3v) is 2.41. The number of H-pyrrole nitrogens is 1. The van der Waals surface area contributed by atoms with Gasteiger partial charge in [0.05, 0.1) is 18.2 Å². The van der Waals surface area contributed by atoms with E-state index in [0.717, 1.165) is 22.9 Å². The van der Waals surface area contributed by atoms with E-state index >= 15 is 0 Å². The minimum absolute atomic E-state index is 0.364. The van der Waals surface area contributed by atoms with Crippen LogP contribution in [0.5, 0.6) is 5.75 Å². The Morgan fingerprint density at radius 2 is 2.29 bits per heavy atom. The predicted molar refractivity (Wildman–Crippen MR) is 55.2 cm³/mol. The topological polar surface area (TPSA) is 42.1 Å². The molecule has 4 heteroatoms. The van der Waals surface area contributed by atoms with Crippen LogP contribution in [0.25, 0.3) is 10.9 Å². The monoisotopic (exact) mass is 209 g/mol. The summed E-state index contributed by atoms with van der Waals surface area (Å²) in [5.74, 6) is 0.730. The zero-order valence-electron chi connectivity index (χ0n) is 7.50. The smallest absolute Gasteiger partial charge is 0.153 e. The van der Waals surface area contributed by atoms with Crippen LogP contribution in [0.2, 0.25) is 5.15 Å². The van der Waals surface area contributed by atoms with Gasteiger partial charge in [-0.1, -0.05) is 11.6 Å². The molecule has 14 heavy (non-hydrogen) atoms. The van der Waals surface area contributed by atoms with E-state index < -0.39 is 0 Å². The number of aromatic amines is 1. The van der Waals surface area contributed by atoms with Crippen molar-refractivity contribution < 1.29 is 9.53 Å². The summed E-state index contributed by atoms with van der Waals surface area (Å²) in [5.41, 5.74) is 1.29. The molecule has 0 bridgehead atoms. The van der Waals surface area contributed by atoms with E-state index in [1.807, 2.05) is 0 Å². The molecule has 2 rings (SSSR count). The number of hydrogen-bond acceptors (Lipinski definition) is 2. The number of carbonyl (C=O) groups excluding carboxylic acids is 1. The highest BCUT2D eigenvalue weighted by Crippen LogP contribution is 2.27. The van der Waals surface area contributed by atoms with E-state index in [2.05, 4.69) is 4.98 Å². The summed E-state index contributed by atoms with van der Waals surface area (Å²) in [7, 11) is 1.59. The van der Waals surface area contributed by atoms with Crippen molar-refractivity contribution >= 4 is 28.8 Å². The zero-order chi connectivity index (χ0) is 10.1. The Balaban J connectivity index is 2.74. The predicted octanol–water partition coefficient (Wildman–Crippen LogP) is 2.64. The van der Waals surface area contributed by atoms with E-state index in [1.165, 1.54) is 0 Å². The van der Waals surface area contributed by atoms with Crippen molar-refractivity contribution in [2.24, 2.45) is 0 Å². The van der Waals surface area contributed by atoms with Gasteiger partial charge in [-0.25, -0.2) is 0 Å². The Morgan fingerprint density at radius 3 is 2.93 bits per heavy atom. The first-order valence-electron chi connectivity index (χ1n) is 4.06. The molecule has 0 aliphatic carbocycles. The van der Waals surface area contributed by atoms with Crippen LogP contribution < -0.4 is 4.74 Å². The molecule has 0 atom stereocenters. The van der Waals surface area contributed by atoms with Gasteiger partial charge in [-0.3, -0.25) is 4.79 Å². The summed E-state index contributed by atoms with van der Waals surface area (Å²) in [4.78, 5) is 13.6. The van der Waals surface area contributed by atoms with E-state index in [0.29, 0.717) is 10.7 Å². The molecule has 0 unspecified atom stereocenters. The van der Waals surface area contributed by atoms with Crippen LogP contribution in [0, 0.1) is 0 Å². The number of aromatic nitrogens is 1. The molecule has 3 nitrogen and oxygen atoms in total. The first-order valence-corrected chi connectivity index (χ1v) is 4.44. The fraction of sp³-hybridized carbons (Fsp3) is 0.100. The highest BCUT2D eigenvalue weighted by atomic mass is 35.5. The Morgan fingerprint density at radius 1 is 1.50 bits per heavy atom. The summed E-state index contributed by atoms with van der Waals surface area (Å²) >= 11 is 5.84. The van der Waals surface area contributed by atoms with Crippen LogP contribution in [-0.2, 0) is 0 Å². The number of ether oxygens (including phenoxy) is 1. The van der Waals surface area contributed by atoms with Crippen molar-refractivity contribution in [2.75, 3.05) is 7.11 Å². The average molecular weight is 210 g/mol. The lowest BCUT2D eigenvalue weighted by Crippen LogP contribution is -1.81. The van der Waals surface area contributed by atoms with Gasteiger partial charge in [0.2, 0.25) is 0 Å². The second kappa shape index (κ2) is 3.35. The normalized spacial score (nSPS) is 10.4. The van der Waals surface area contributed by atoms with Gasteiger partial charge in [0, 0.05) is 11.5 Å². The SMILES string of the molecule is COc1ccc2c(C=O)c(Cl)[nH]c2c1. The molecule has 0 saturated heterocycles. The van der Waals surface area contributed by atoms with Gasteiger partial charge < -0.3 is 9.72 Å². The maximum absolute atomic E-state index is 10.7. The molecule has 0 amide bonds. The summed E-state index contributed by atoms with van der Waals surface area (Å²) < 4.78 is 5.05. The molecular formula is C10H8ClNO2. The molecule has 0 radical (unpaired) electrons. The lowest BCUT2D eigenvalue weighted by molar-refractivity contribution is 0.112. The number of fused-ring (bicyclic) bond motifs is 1. The standard InChI is InChI=1S/C10H8ClNO2/c1-14-6-2-3-7-8(5-13)10(11)12-9(7)4-6/h2-5,12H,1H3. The molecule has 0 fully saturated rings. The second-order valence-electron chi connectivity index (χ2n) is 2.88. The molecule has 0 spiro atoms. The molecule has 72 valence electrons. The van der Waals surface area contributed by atoms with Crippen LogP contribution in [0.1, 0.15) is 10.4 Å². The maximum atomic E-state index is 10.7. The van der Waals surface area contributed by atoms with Gasteiger partial charge in [0.1, 0.15) is 10.9 Å². The van der Waals surface area contributed by atoms with Gasteiger partial charge >= 0.3 is 0 Å². The number of rotatable bonds is 2. The first-order chi connectivity index (χ1) is 6.76. The van der Waals surface area contributed by atoms with Gasteiger partial charge in [-0.15, -0.1) is 0 Å². The molecule has 1 aromatic carbocycles. The molecule has 2 aromatic rings. The molecule has 1 N–H and O–H groups in total. The van der Waals surface area contributed by atoms with Crippen LogP contribution in [0.3, 0.4) is 0 Å². The summed E-state index contributed by atoms with van der Waals surface area (Å²) in [5, 5.41) is 1.18. The first kappa shape index (κ1) is 9.09. The number of aldehydes is 1. The molecule has 0 aliphatic heterocycles. The Bertz CT molecular complexity index is 490. The molecule has 1 aromatic heterocycles. The lowest BCUT2D eigenvalue weighted by atomic mass is 10.2. The third kappa shape index (κ3) is 1.26. The number of methoxy groups -OCH3 is 1. The molecule has 0 saturated carbocycles. The quantitative estimate of drug-likeness (QED) is 0.773. The summed E-state index contributed by atoms with van der Waals surface area (Å²) in [6, 6.07) is 5.40. The van der Waals surface area contributed by atoms with Gasteiger partial charge in [-0.2, -0.15) is 0 Å². The molecule has 1 heterocycles. The highest BCUT2D eigenvalue weighted by Gasteiger charge is 2.08. The fourth-order valence-electron chi connectivity index (χ4n) is 1.41. The zero-order valence-corrected chi connectivity index (χ0v) is 8.26. The number of halogens is 1. The van der Waals surface area contributed by atoms with Crippen molar-refractivity contribution in [1.82, 2.24) is 4.98 Å². The van der Waals surface area contributed by atoms with Crippen LogP contribution in [0.15, 0.2) is 18.2 Å². The van der Waals surface area contributed by atoms with Crippen LogP contribution in [-0.4, -0.2) is 18.4 Å². The molecule has 0 aliphatic rings. The van der Waals surface area contributed by atoms with Crippen molar-refractivity contribution in [2.45, 2.75) is 0 Å². The molecular weight excluding hydrogens is 202 g/mol. The maximum Gasteiger partial charge on any atom is 0.153 e. The van der Waals surface area contributed by atoms with Crippen molar-refractivity contribution in [3.63, 3.8) is 0 Å². The van der Waals surface area contributed by atoms with Crippen molar-refractivity contribution in [3.8, 4) is 5.75 Å². The summed E-state index contributed by atoms with van der Waals surface area (Å²) in [6.45, 7) is 0. The summed E-state index contributed by atoms with van der Waals surface area (Å²) in [6.07, 6.45) is 0.744. The van der Waals surface area contributed by atoms with Crippen LogP contribution in [0.4, 0.5) is 0 Å². The van der Waals surface area contributed by atoms with Gasteiger partial charge in [0.15, 0.2) is 6.29 Å². The number of carbonyl (C=O) groups is 1. The number of hydrogen-bond donors (Lipinski definition) is 1. The van der Waals surface area contributed by atoms with Gasteiger partial charge in [-0.05, 0) is 12.1 Å². The largest absolute Gasteiger partial charge is 0.497 e. The third-order valence-electron chi connectivity index (χ3n) is 2.12. The Labute approximate surface area is 85.6 Å². The fourth-order valence-corrected chi connectivity index (χ4v) is 1.66. The lowest BCUT2D eigenvalue weighted by Gasteiger charge is -1.98. The van der Waals surface area contributed by atoms with E-state index in [4.69, 9.17) is 16.3 Å². The number of nitrogens with one attached hydrogen (secondary N) is 1. The van der Waals surface area contributed by atoms with E-state index in [9.17, 15) is 4.79 Å². The van der Waals surface area contributed by atoms with Crippen LogP contribution >= 0.6 is 11.6 Å². The van der Waals surface area contributed by atoms with Crippen molar-refractivity contribution in [3.05, 3.63) is 28.9 Å². The van der Waals surface area contributed by atoms with E-state index in [1.54, 1.807) is 25.3 Å². The minimum atomic E-state index is 0.364. The average Bonchev–Trinajstić information content (AvgIpc) is 2.51. The second-order valence-corrected chi connectivity index (χ2v) is 3.26. The Kier molecular flexibility index (Phi) is 2.17. The van der Waals surface area contributed by atoms with Gasteiger partial charge in [0.25, 0.3) is 0 Å². The Hall–Kier alpha value is -1.48. The highest BCUT2D eigenvalue weighted by molar-refractivity contribution is 6.34. The number of benzene rings is 1. The van der Waals surface area contributed by atoms with Crippen molar-refractivity contribution in [1.29, 1.82) is 0 Å². The minimum Gasteiger partial charge on any atom is -0.497 e.